The first kappa shape index (κ1) is 18.5. The van der Waals surface area contributed by atoms with Crippen LogP contribution in [0.3, 0.4) is 0 Å². The first-order chi connectivity index (χ1) is 14.1. The molecule has 1 heterocycles. The maximum Gasteiger partial charge on any atom is 0.289 e. The second-order valence-electron chi connectivity index (χ2n) is 6.32. The van der Waals surface area contributed by atoms with Crippen molar-refractivity contribution < 1.29 is 13.6 Å². The van der Waals surface area contributed by atoms with E-state index in [1.807, 2.05) is 12.1 Å². The number of nitrogens with zero attached hydrogens (tertiary/aromatic N) is 2. The summed E-state index contributed by atoms with van der Waals surface area (Å²) < 4.78 is 26.9. The average Bonchev–Trinajstić information content (AvgIpc) is 2.74. The number of para-hydroxylation sites is 1. The molecule has 0 aliphatic rings. The van der Waals surface area contributed by atoms with E-state index in [2.05, 4.69) is 20.6 Å². The van der Waals surface area contributed by atoms with E-state index in [4.69, 9.17) is 0 Å². The molecule has 2 N–H and O–H groups in total. The van der Waals surface area contributed by atoms with Gasteiger partial charge in [0.1, 0.15) is 17.5 Å². The van der Waals surface area contributed by atoms with E-state index in [0.29, 0.717) is 28.0 Å². The summed E-state index contributed by atoms with van der Waals surface area (Å²) >= 11 is 0. The van der Waals surface area contributed by atoms with E-state index in [1.54, 1.807) is 42.5 Å². The lowest BCUT2D eigenvalue weighted by molar-refractivity contribution is 0.0940. The lowest BCUT2D eigenvalue weighted by atomic mass is 10.2. The molecule has 1 aromatic heterocycles. The molecule has 0 aliphatic heterocycles. The van der Waals surface area contributed by atoms with Gasteiger partial charge < -0.3 is 10.6 Å². The van der Waals surface area contributed by atoms with E-state index < -0.39 is 11.7 Å². The minimum absolute atomic E-state index is 0.0163. The number of fused-ring (bicyclic) bond motifs is 1. The van der Waals surface area contributed by atoms with Gasteiger partial charge in [0.15, 0.2) is 0 Å². The summed E-state index contributed by atoms with van der Waals surface area (Å²) in [6.07, 6.45) is 0. The molecule has 0 fully saturated rings. The third-order valence-electron chi connectivity index (χ3n) is 4.31. The van der Waals surface area contributed by atoms with Crippen LogP contribution in [-0.4, -0.2) is 15.9 Å². The van der Waals surface area contributed by atoms with Gasteiger partial charge in [-0.1, -0.05) is 30.3 Å². The minimum Gasteiger partial charge on any atom is -0.345 e. The number of halogens is 2. The van der Waals surface area contributed by atoms with Crippen LogP contribution in [0.25, 0.3) is 10.9 Å². The first-order valence-corrected chi connectivity index (χ1v) is 8.91. The zero-order valence-electron chi connectivity index (χ0n) is 15.2. The molecule has 0 aliphatic carbocycles. The largest absolute Gasteiger partial charge is 0.345 e. The van der Waals surface area contributed by atoms with E-state index in [-0.39, 0.29) is 18.2 Å². The van der Waals surface area contributed by atoms with Gasteiger partial charge in [-0.2, -0.15) is 0 Å². The van der Waals surface area contributed by atoms with Crippen LogP contribution in [0.4, 0.5) is 20.3 Å². The highest BCUT2D eigenvalue weighted by atomic mass is 19.1. The number of carbonyl (C=O) groups is 1. The minimum atomic E-state index is -0.527. The molecule has 144 valence electrons. The van der Waals surface area contributed by atoms with Gasteiger partial charge in [-0.25, -0.2) is 18.7 Å². The maximum absolute atomic E-state index is 13.8. The number of carbonyl (C=O) groups excluding carboxylic acids is 1. The van der Waals surface area contributed by atoms with Crippen molar-refractivity contribution in [2.45, 2.75) is 6.54 Å². The van der Waals surface area contributed by atoms with Crippen LogP contribution >= 0.6 is 0 Å². The number of benzene rings is 3. The summed E-state index contributed by atoms with van der Waals surface area (Å²) in [5, 5.41) is 6.44. The van der Waals surface area contributed by atoms with Crippen LogP contribution in [0.1, 0.15) is 16.2 Å². The third-order valence-corrected chi connectivity index (χ3v) is 4.31. The Kier molecular flexibility index (Phi) is 5.11. The molecule has 1 amide bonds. The van der Waals surface area contributed by atoms with E-state index in [1.165, 1.54) is 18.2 Å². The summed E-state index contributed by atoms with van der Waals surface area (Å²) in [7, 11) is 0. The molecule has 0 atom stereocenters. The number of nitrogens with one attached hydrogen (secondary N) is 2. The van der Waals surface area contributed by atoms with Crippen molar-refractivity contribution >= 4 is 28.3 Å². The molecular formula is C22H16F2N4O. The van der Waals surface area contributed by atoms with Gasteiger partial charge in [-0.15, -0.1) is 0 Å². The molecule has 0 radical (unpaired) electrons. The Balaban J connectivity index is 1.63. The van der Waals surface area contributed by atoms with Crippen molar-refractivity contribution in [3.8, 4) is 0 Å². The molecule has 0 bridgehead atoms. The van der Waals surface area contributed by atoms with Crippen molar-refractivity contribution in [2.24, 2.45) is 0 Å². The SMILES string of the molecule is O=C(NCc1ccccc1F)c1nc(Nc2ccc(F)cc2)c2ccccc2n1. The summed E-state index contributed by atoms with van der Waals surface area (Å²) in [5.74, 6) is -0.911. The Labute approximate surface area is 165 Å². The molecule has 0 saturated carbocycles. The van der Waals surface area contributed by atoms with Gasteiger partial charge in [-0.3, -0.25) is 4.79 Å². The maximum atomic E-state index is 13.8. The molecule has 5 nitrogen and oxygen atoms in total. The monoisotopic (exact) mass is 390 g/mol. The van der Waals surface area contributed by atoms with Crippen molar-refractivity contribution in [3.05, 3.63) is 95.8 Å². The highest BCUT2D eigenvalue weighted by molar-refractivity contribution is 5.97. The summed E-state index contributed by atoms with van der Waals surface area (Å²) in [6, 6.07) is 19.2. The fraction of sp³-hybridized carbons (Fsp3) is 0.0455. The van der Waals surface area contributed by atoms with Crippen molar-refractivity contribution in [2.75, 3.05) is 5.32 Å². The number of amides is 1. The quantitative estimate of drug-likeness (QED) is 0.523. The number of anilines is 2. The molecule has 0 unspecified atom stereocenters. The van der Waals surface area contributed by atoms with Gasteiger partial charge in [0.05, 0.1) is 5.52 Å². The first-order valence-electron chi connectivity index (χ1n) is 8.91. The fourth-order valence-electron chi connectivity index (χ4n) is 2.84. The average molecular weight is 390 g/mol. The van der Waals surface area contributed by atoms with Crippen LogP contribution in [-0.2, 0) is 6.54 Å². The lowest BCUT2D eigenvalue weighted by Crippen LogP contribution is -2.25. The van der Waals surface area contributed by atoms with Crippen LogP contribution < -0.4 is 10.6 Å². The standard InChI is InChI=1S/C22H16F2N4O/c23-15-9-11-16(12-10-15)26-20-17-6-2-4-8-19(17)27-21(28-20)22(29)25-13-14-5-1-3-7-18(14)24/h1-12H,13H2,(H,25,29)(H,26,27,28). The van der Waals surface area contributed by atoms with Gasteiger partial charge in [0, 0.05) is 23.2 Å². The van der Waals surface area contributed by atoms with Crippen LogP contribution in [0, 0.1) is 11.6 Å². The second kappa shape index (κ2) is 8.02. The second-order valence-corrected chi connectivity index (χ2v) is 6.32. The zero-order valence-corrected chi connectivity index (χ0v) is 15.2. The Bertz CT molecular complexity index is 1180. The van der Waals surface area contributed by atoms with Crippen LogP contribution in [0.5, 0.6) is 0 Å². The predicted molar refractivity (Wildman–Crippen MR) is 107 cm³/mol. The summed E-state index contributed by atoms with van der Waals surface area (Å²) in [6.45, 7) is 0.0163. The summed E-state index contributed by atoms with van der Waals surface area (Å²) in [4.78, 5) is 21.2. The summed E-state index contributed by atoms with van der Waals surface area (Å²) in [5.41, 5.74) is 1.56. The Morgan fingerprint density at radius 1 is 0.862 bits per heavy atom. The van der Waals surface area contributed by atoms with Gasteiger partial charge >= 0.3 is 0 Å². The fourth-order valence-corrected chi connectivity index (χ4v) is 2.84. The van der Waals surface area contributed by atoms with Gasteiger partial charge in [0.25, 0.3) is 5.91 Å². The number of hydrogen-bond acceptors (Lipinski definition) is 4. The Morgan fingerprint density at radius 3 is 2.38 bits per heavy atom. The molecule has 4 rings (SSSR count). The Hall–Kier alpha value is -3.87. The predicted octanol–water partition coefficient (Wildman–Crippen LogP) is 4.58. The molecular weight excluding hydrogens is 374 g/mol. The van der Waals surface area contributed by atoms with Crippen LogP contribution in [0.15, 0.2) is 72.8 Å². The van der Waals surface area contributed by atoms with Crippen molar-refractivity contribution in [1.29, 1.82) is 0 Å². The van der Waals surface area contributed by atoms with Crippen molar-refractivity contribution in [3.63, 3.8) is 0 Å². The van der Waals surface area contributed by atoms with Gasteiger partial charge in [-0.05, 0) is 42.5 Å². The highest BCUT2D eigenvalue weighted by Gasteiger charge is 2.15. The molecule has 3 aromatic carbocycles. The molecule has 4 aromatic rings. The third kappa shape index (κ3) is 4.19. The number of hydrogen-bond donors (Lipinski definition) is 2. The zero-order chi connectivity index (χ0) is 20.2. The lowest BCUT2D eigenvalue weighted by Gasteiger charge is -2.11. The molecule has 29 heavy (non-hydrogen) atoms. The van der Waals surface area contributed by atoms with Gasteiger partial charge in [0.2, 0.25) is 5.82 Å². The number of aromatic nitrogens is 2. The molecule has 0 spiro atoms. The molecule has 7 heteroatoms. The molecule has 0 saturated heterocycles. The van der Waals surface area contributed by atoms with Crippen LogP contribution in [0.2, 0.25) is 0 Å². The topological polar surface area (TPSA) is 66.9 Å². The van der Waals surface area contributed by atoms with E-state index in [9.17, 15) is 13.6 Å². The number of rotatable bonds is 5. The Morgan fingerprint density at radius 2 is 1.59 bits per heavy atom. The smallest absolute Gasteiger partial charge is 0.289 e. The van der Waals surface area contributed by atoms with E-state index in [0.717, 1.165) is 0 Å². The normalized spacial score (nSPS) is 10.7. The van der Waals surface area contributed by atoms with E-state index >= 15 is 0 Å². The van der Waals surface area contributed by atoms with Crippen molar-refractivity contribution in [1.82, 2.24) is 15.3 Å². The highest BCUT2D eigenvalue weighted by Crippen LogP contribution is 2.24.